The van der Waals surface area contributed by atoms with Crippen molar-refractivity contribution in [1.82, 2.24) is 0 Å². The molecule has 0 saturated carbocycles. The fourth-order valence-corrected chi connectivity index (χ4v) is 0.878. The van der Waals surface area contributed by atoms with Crippen LogP contribution in [0.3, 0.4) is 0 Å². The van der Waals surface area contributed by atoms with E-state index in [4.69, 9.17) is 0 Å². The molecule has 0 aliphatic carbocycles. The van der Waals surface area contributed by atoms with Crippen molar-refractivity contribution in [3.8, 4) is 0 Å². The van der Waals surface area contributed by atoms with Crippen molar-refractivity contribution in [2.45, 2.75) is 20.3 Å². The third kappa shape index (κ3) is 10.8. The Morgan fingerprint density at radius 1 is 0.619 bits per heavy atom. The van der Waals surface area contributed by atoms with Crippen LogP contribution in [0.5, 0.6) is 0 Å². The average Bonchev–Trinajstić information content (AvgIpc) is 2.32. The SMILES string of the molecule is CC(=O)OC(=O)COC(=O)CC(=O)OCC(=O)OC(C)=O. The lowest BCUT2D eigenvalue weighted by Gasteiger charge is -2.04. The molecule has 0 heterocycles. The smallest absolute Gasteiger partial charge is 0.351 e. The van der Waals surface area contributed by atoms with E-state index in [1.165, 1.54) is 0 Å². The minimum absolute atomic E-state index is 0.849. The maximum atomic E-state index is 11.1. The van der Waals surface area contributed by atoms with Crippen molar-refractivity contribution in [3.63, 3.8) is 0 Å². The zero-order valence-electron chi connectivity index (χ0n) is 11.2. The Labute approximate surface area is 118 Å². The van der Waals surface area contributed by atoms with Crippen LogP contribution in [0, 0.1) is 0 Å². The third-order valence-electron chi connectivity index (χ3n) is 1.51. The number of carbonyl (C=O) groups is 6. The maximum Gasteiger partial charge on any atom is 0.351 e. The molecule has 0 radical (unpaired) electrons. The second-order valence-electron chi connectivity index (χ2n) is 3.43. The van der Waals surface area contributed by atoms with Crippen molar-refractivity contribution in [2.75, 3.05) is 13.2 Å². The highest BCUT2D eigenvalue weighted by molar-refractivity contribution is 5.93. The second-order valence-corrected chi connectivity index (χ2v) is 3.43. The molecule has 0 aliphatic rings. The van der Waals surface area contributed by atoms with Gasteiger partial charge in [-0.15, -0.1) is 0 Å². The Bertz CT molecular complexity index is 422. The predicted octanol–water partition coefficient (Wildman–Crippen LogP) is -1.36. The molecule has 0 amide bonds. The van der Waals surface area contributed by atoms with Crippen LogP contribution < -0.4 is 0 Å². The fourth-order valence-electron chi connectivity index (χ4n) is 0.878. The topological polar surface area (TPSA) is 139 Å². The first-order valence-electron chi connectivity index (χ1n) is 5.44. The molecule has 0 aromatic rings. The molecule has 0 rings (SSSR count). The van der Waals surface area contributed by atoms with E-state index in [1.807, 2.05) is 0 Å². The molecule has 0 unspecified atom stereocenters. The van der Waals surface area contributed by atoms with Gasteiger partial charge >= 0.3 is 35.8 Å². The van der Waals surface area contributed by atoms with Gasteiger partial charge in [0.05, 0.1) is 0 Å². The molecule has 0 aromatic carbocycles. The Kier molecular flexibility index (Phi) is 7.96. The molecular weight excluding hydrogens is 292 g/mol. The summed E-state index contributed by atoms with van der Waals surface area (Å²) in [6.45, 7) is 0.268. The van der Waals surface area contributed by atoms with Gasteiger partial charge in [-0.25, -0.2) is 9.59 Å². The summed E-state index contributed by atoms with van der Waals surface area (Å²) in [4.78, 5) is 64.6. The van der Waals surface area contributed by atoms with Crippen LogP contribution >= 0.6 is 0 Å². The van der Waals surface area contributed by atoms with E-state index in [0.717, 1.165) is 13.8 Å². The number of rotatable bonds is 6. The molecule has 0 fully saturated rings. The van der Waals surface area contributed by atoms with Crippen LogP contribution in [0.15, 0.2) is 0 Å². The molecule has 0 atom stereocenters. The first kappa shape index (κ1) is 18.2. The van der Waals surface area contributed by atoms with Gasteiger partial charge in [0.2, 0.25) is 0 Å². The number of carbonyl (C=O) groups excluding carboxylic acids is 6. The van der Waals surface area contributed by atoms with Crippen molar-refractivity contribution in [1.29, 1.82) is 0 Å². The van der Waals surface area contributed by atoms with Crippen LogP contribution in [-0.2, 0) is 47.7 Å². The van der Waals surface area contributed by atoms with Gasteiger partial charge in [-0.1, -0.05) is 0 Å². The summed E-state index contributed by atoms with van der Waals surface area (Å²) >= 11 is 0. The van der Waals surface area contributed by atoms with Gasteiger partial charge in [0.15, 0.2) is 13.2 Å². The van der Waals surface area contributed by atoms with Gasteiger partial charge in [0.1, 0.15) is 6.42 Å². The molecule has 0 aromatic heterocycles. The zero-order valence-corrected chi connectivity index (χ0v) is 11.2. The van der Waals surface area contributed by atoms with Gasteiger partial charge in [-0.2, -0.15) is 0 Å². The molecular formula is C11H12O10. The van der Waals surface area contributed by atoms with Gasteiger partial charge < -0.3 is 18.9 Å². The van der Waals surface area contributed by atoms with Crippen molar-refractivity contribution >= 4 is 35.8 Å². The van der Waals surface area contributed by atoms with Gasteiger partial charge in [0.25, 0.3) is 0 Å². The second kappa shape index (κ2) is 9.18. The van der Waals surface area contributed by atoms with Crippen LogP contribution in [-0.4, -0.2) is 49.0 Å². The Morgan fingerprint density at radius 2 is 0.952 bits per heavy atom. The van der Waals surface area contributed by atoms with E-state index in [2.05, 4.69) is 18.9 Å². The lowest BCUT2D eigenvalue weighted by atomic mass is 10.4. The predicted molar refractivity (Wildman–Crippen MR) is 60.1 cm³/mol. The highest BCUT2D eigenvalue weighted by Crippen LogP contribution is 1.93. The van der Waals surface area contributed by atoms with Crippen molar-refractivity contribution in [2.24, 2.45) is 0 Å². The largest absolute Gasteiger partial charge is 0.453 e. The van der Waals surface area contributed by atoms with E-state index in [1.54, 1.807) is 0 Å². The summed E-state index contributed by atoms with van der Waals surface area (Å²) in [5, 5.41) is 0. The molecule has 0 aliphatic heterocycles. The van der Waals surface area contributed by atoms with E-state index in [-0.39, 0.29) is 0 Å². The third-order valence-corrected chi connectivity index (χ3v) is 1.51. The van der Waals surface area contributed by atoms with Crippen molar-refractivity contribution < 1.29 is 47.7 Å². The molecule has 21 heavy (non-hydrogen) atoms. The minimum Gasteiger partial charge on any atom is -0.453 e. The van der Waals surface area contributed by atoms with E-state index >= 15 is 0 Å². The van der Waals surface area contributed by atoms with E-state index in [0.29, 0.717) is 0 Å². The standard InChI is InChI=1S/C11H12O10/c1-6(12)20-10(16)4-18-8(14)3-9(15)19-5-11(17)21-7(2)13/h3-5H2,1-2H3. The summed E-state index contributed by atoms with van der Waals surface area (Å²) in [5.74, 6) is -6.21. The van der Waals surface area contributed by atoms with Crippen LogP contribution in [0.4, 0.5) is 0 Å². The Morgan fingerprint density at radius 3 is 1.24 bits per heavy atom. The number of hydrogen-bond acceptors (Lipinski definition) is 10. The summed E-state index contributed by atoms with van der Waals surface area (Å²) < 4.78 is 16.7. The van der Waals surface area contributed by atoms with Crippen LogP contribution in [0.1, 0.15) is 20.3 Å². The number of ether oxygens (including phenoxy) is 4. The lowest BCUT2D eigenvalue weighted by molar-refractivity contribution is -0.170. The minimum atomic E-state index is -1.12. The van der Waals surface area contributed by atoms with E-state index < -0.39 is 55.5 Å². The van der Waals surface area contributed by atoms with Gasteiger partial charge in [-0.3, -0.25) is 19.2 Å². The average molecular weight is 304 g/mol. The maximum absolute atomic E-state index is 11.1. The van der Waals surface area contributed by atoms with Crippen molar-refractivity contribution in [3.05, 3.63) is 0 Å². The lowest BCUT2D eigenvalue weighted by Crippen LogP contribution is -2.22. The molecule has 0 spiro atoms. The summed E-state index contributed by atoms with van der Waals surface area (Å²) in [6.07, 6.45) is -0.874. The highest BCUT2D eigenvalue weighted by atomic mass is 16.6. The van der Waals surface area contributed by atoms with Crippen LogP contribution in [0.2, 0.25) is 0 Å². The fraction of sp³-hybridized carbons (Fsp3) is 0.455. The van der Waals surface area contributed by atoms with Gasteiger partial charge in [0, 0.05) is 13.8 Å². The number of esters is 6. The summed E-state index contributed by atoms with van der Waals surface area (Å²) in [6, 6.07) is 0. The Hall–Kier alpha value is -2.78. The summed E-state index contributed by atoms with van der Waals surface area (Å²) in [7, 11) is 0. The quantitative estimate of drug-likeness (QED) is 0.328. The number of hydrogen-bond donors (Lipinski definition) is 0. The van der Waals surface area contributed by atoms with E-state index in [9.17, 15) is 28.8 Å². The highest BCUT2D eigenvalue weighted by Gasteiger charge is 2.17. The van der Waals surface area contributed by atoms with Crippen LogP contribution in [0.25, 0.3) is 0 Å². The molecule has 0 saturated heterocycles. The molecule has 10 heteroatoms. The first-order valence-corrected chi connectivity index (χ1v) is 5.44. The Balaban J connectivity index is 3.92. The molecule has 0 N–H and O–H groups in total. The molecule has 10 nitrogen and oxygen atoms in total. The zero-order chi connectivity index (χ0) is 16.4. The monoisotopic (exact) mass is 304 g/mol. The van der Waals surface area contributed by atoms with Gasteiger partial charge in [-0.05, 0) is 0 Å². The first-order chi connectivity index (χ1) is 9.70. The summed E-state index contributed by atoms with van der Waals surface area (Å²) in [5.41, 5.74) is 0. The normalized spacial score (nSPS) is 9.24. The molecule has 0 bridgehead atoms. The molecule has 116 valence electrons.